The second-order valence-electron chi connectivity index (χ2n) is 9.29. The van der Waals surface area contributed by atoms with Gasteiger partial charge in [-0.15, -0.1) is 0 Å². The van der Waals surface area contributed by atoms with E-state index in [1.54, 1.807) is 41.3 Å². The maximum atomic E-state index is 13.5. The van der Waals surface area contributed by atoms with Crippen LogP contribution in [-0.4, -0.2) is 50.0 Å². The predicted octanol–water partition coefficient (Wildman–Crippen LogP) is 5.57. The Hall–Kier alpha value is -2.29. The average Bonchev–Trinajstić information content (AvgIpc) is 2.82. The lowest BCUT2D eigenvalue weighted by Gasteiger charge is -2.32. The van der Waals surface area contributed by atoms with E-state index in [2.05, 4.69) is 5.32 Å². The average molecular weight is 571 g/mol. The van der Waals surface area contributed by atoms with E-state index in [9.17, 15) is 18.0 Å². The minimum Gasteiger partial charge on any atom is -0.352 e. The summed E-state index contributed by atoms with van der Waals surface area (Å²) in [5.41, 5.74) is 2.24. The number of rotatable bonds is 13. The summed E-state index contributed by atoms with van der Waals surface area (Å²) in [5.74, 6) is -0.460. The summed E-state index contributed by atoms with van der Waals surface area (Å²) in [4.78, 5) is 28.1. The SMILES string of the molecule is CC[C@@H](C)NC(=O)[C@H](CC)N(Cc1ccc(Cl)c(Cl)c1)C(=O)CCCN(c1cccc(C)c1)S(C)(=O)=O. The van der Waals surface area contributed by atoms with Gasteiger partial charge in [0.25, 0.3) is 0 Å². The molecule has 0 aliphatic heterocycles. The van der Waals surface area contributed by atoms with Gasteiger partial charge in [0, 0.05) is 25.6 Å². The van der Waals surface area contributed by atoms with Crippen molar-refractivity contribution in [2.75, 3.05) is 17.1 Å². The molecule has 0 heterocycles. The van der Waals surface area contributed by atoms with E-state index in [0.717, 1.165) is 23.8 Å². The smallest absolute Gasteiger partial charge is 0.243 e. The lowest BCUT2D eigenvalue weighted by atomic mass is 10.1. The van der Waals surface area contributed by atoms with Gasteiger partial charge in [-0.25, -0.2) is 8.42 Å². The van der Waals surface area contributed by atoms with E-state index in [-0.39, 0.29) is 37.4 Å². The minimum absolute atomic E-state index is 0.0267. The number of nitrogens with one attached hydrogen (secondary N) is 1. The van der Waals surface area contributed by atoms with E-state index in [1.807, 2.05) is 33.8 Å². The van der Waals surface area contributed by atoms with Crippen molar-refractivity contribution in [1.82, 2.24) is 10.2 Å². The van der Waals surface area contributed by atoms with Crippen molar-refractivity contribution >= 4 is 50.7 Å². The van der Waals surface area contributed by atoms with Crippen LogP contribution < -0.4 is 9.62 Å². The molecule has 7 nitrogen and oxygen atoms in total. The van der Waals surface area contributed by atoms with Gasteiger partial charge in [-0.05, 0) is 68.5 Å². The highest BCUT2D eigenvalue weighted by molar-refractivity contribution is 7.92. The molecule has 2 rings (SSSR count). The molecule has 0 saturated carbocycles. The summed E-state index contributed by atoms with van der Waals surface area (Å²) in [5, 5.41) is 3.75. The topological polar surface area (TPSA) is 86.8 Å². The Morgan fingerprint density at radius 2 is 1.73 bits per heavy atom. The highest BCUT2D eigenvalue weighted by Gasteiger charge is 2.29. The molecule has 0 aliphatic carbocycles. The van der Waals surface area contributed by atoms with E-state index >= 15 is 0 Å². The molecular formula is C27H37Cl2N3O4S. The molecule has 0 unspecified atom stereocenters. The molecule has 10 heteroatoms. The molecule has 0 aliphatic rings. The summed E-state index contributed by atoms with van der Waals surface area (Å²) in [7, 11) is -3.54. The lowest BCUT2D eigenvalue weighted by molar-refractivity contribution is -0.141. The van der Waals surface area contributed by atoms with E-state index in [4.69, 9.17) is 23.2 Å². The fourth-order valence-electron chi connectivity index (χ4n) is 3.98. The zero-order valence-corrected chi connectivity index (χ0v) is 24.5. The lowest BCUT2D eigenvalue weighted by Crippen LogP contribution is -2.50. The molecule has 0 aromatic heterocycles. The number of amides is 2. The Morgan fingerprint density at radius 3 is 2.30 bits per heavy atom. The highest BCUT2D eigenvalue weighted by Crippen LogP contribution is 2.25. The van der Waals surface area contributed by atoms with Gasteiger partial charge in [0.15, 0.2) is 0 Å². The van der Waals surface area contributed by atoms with Crippen LogP contribution in [0.5, 0.6) is 0 Å². The Morgan fingerprint density at radius 1 is 1.03 bits per heavy atom. The van der Waals surface area contributed by atoms with Crippen molar-refractivity contribution in [2.24, 2.45) is 0 Å². The van der Waals surface area contributed by atoms with Gasteiger partial charge in [0.05, 0.1) is 22.0 Å². The number of hydrogen-bond acceptors (Lipinski definition) is 4. The van der Waals surface area contributed by atoms with E-state index in [0.29, 0.717) is 28.6 Å². The third kappa shape index (κ3) is 9.20. The van der Waals surface area contributed by atoms with Crippen molar-refractivity contribution in [3.8, 4) is 0 Å². The first-order valence-electron chi connectivity index (χ1n) is 12.5. The molecule has 37 heavy (non-hydrogen) atoms. The number of halogens is 2. The molecule has 0 fully saturated rings. The van der Waals surface area contributed by atoms with Gasteiger partial charge in [-0.3, -0.25) is 13.9 Å². The van der Waals surface area contributed by atoms with Crippen LogP contribution >= 0.6 is 23.2 Å². The Bertz CT molecular complexity index is 1190. The number of aryl methyl sites for hydroxylation is 1. The van der Waals surface area contributed by atoms with Gasteiger partial charge in [-0.2, -0.15) is 0 Å². The number of carbonyl (C=O) groups excluding carboxylic acids is 2. The number of hydrogen-bond donors (Lipinski definition) is 1. The number of nitrogens with zero attached hydrogens (tertiary/aromatic N) is 2. The fourth-order valence-corrected chi connectivity index (χ4v) is 5.26. The van der Waals surface area contributed by atoms with Crippen molar-refractivity contribution in [2.45, 2.75) is 72.0 Å². The van der Waals surface area contributed by atoms with E-state index < -0.39 is 16.1 Å². The molecule has 2 aromatic carbocycles. The molecule has 0 spiro atoms. The molecule has 2 atom stereocenters. The first-order chi connectivity index (χ1) is 17.4. The summed E-state index contributed by atoms with van der Waals surface area (Å²) in [6.07, 6.45) is 2.71. The maximum Gasteiger partial charge on any atom is 0.243 e. The van der Waals surface area contributed by atoms with Crippen molar-refractivity contribution in [1.29, 1.82) is 0 Å². The summed E-state index contributed by atoms with van der Waals surface area (Å²) in [6.45, 7) is 7.97. The molecule has 1 N–H and O–H groups in total. The van der Waals surface area contributed by atoms with Gasteiger partial charge in [0.2, 0.25) is 21.8 Å². The largest absolute Gasteiger partial charge is 0.352 e. The van der Waals surface area contributed by atoms with Crippen LogP contribution in [0, 0.1) is 6.92 Å². The number of benzene rings is 2. The summed E-state index contributed by atoms with van der Waals surface area (Å²) < 4.78 is 26.3. The van der Waals surface area contributed by atoms with Crippen molar-refractivity contribution in [3.05, 3.63) is 63.6 Å². The number of carbonyl (C=O) groups is 2. The molecule has 0 radical (unpaired) electrons. The Balaban J connectivity index is 2.25. The molecule has 204 valence electrons. The highest BCUT2D eigenvalue weighted by atomic mass is 35.5. The predicted molar refractivity (Wildman–Crippen MR) is 152 cm³/mol. The van der Waals surface area contributed by atoms with E-state index in [1.165, 1.54) is 4.31 Å². The van der Waals surface area contributed by atoms with Crippen LogP contribution in [0.4, 0.5) is 5.69 Å². The van der Waals surface area contributed by atoms with Crippen LogP contribution in [0.1, 0.15) is 57.6 Å². The zero-order chi connectivity index (χ0) is 27.8. The second kappa shape index (κ2) is 14.0. The molecule has 2 amide bonds. The van der Waals surface area contributed by atoms with Crippen LogP contribution in [0.2, 0.25) is 10.0 Å². The van der Waals surface area contributed by atoms with Crippen LogP contribution in [0.25, 0.3) is 0 Å². The van der Waals surface area contributed by atoms with Crippen LogP contribution in [0.3, 0.4) is 0 Å². The maximum absolute atomic E-state index is 13.5. The third-order valence-electron chi connectivity index (χ3n) is 6.17. The van der Waals surface area contributed by atoms with Crippen LogP contribution in [0.15, 0.2) is 42.5 Å². The molecule has 2 aromatic rings. The van der Waals surface area contributed by atoms with Crippen molar-refractivity contribution in [3.63, 3.8) is 0 Å². The standard InChI is InChI=1S/C27H37Cl2N3O4S/c1-6-20(4)30-27(34)25(7-2)31(18-21-13-14-23(28)24(29)17-21)26(33)12-9-15-32(37(5,35)36)22-11-8-10-19(3)16-22/h8,10-11,13-14,16-17,20,25H,6-7,9,12,15,18H2,1-5H3,(H,30,34)/t20-,25+/m1/s1. The second-order valence-corrected chi connectivity index (χ2v) is 12.0. The summed E-state index contributed by atoms with van der Waals surface area (Å²) >= 11 is 12.3. The first-order valence-corrected chi connectivity index (χ1v) is 15.1. The Labute approximate surface area is 231 Å². The number of sulfonamides is 1. The molecular weight excluding hydrogens is 533 g/mol. The monoisotopic (exact) mass is 569 g/mol. The quantitative estimate of drug-likeness (QED) is 0.341. The van der Waals surface area contributed by atoms with Crippen molar-refractivity contribution < 1.29 is 18.0 Å². The summed E-state index contributed by atoms with van der Waals surface area (Å²) in [6, 6.07) is 11.6. The minimum atomic E-state index is -3.54. The normalized spacial score (nSPS) is 13.1. The molecule has 0 bridgehead atoms. The zero-order valence-electron chi connectivity index (χ0n) is 22.1. The first kappa shape index (κ1) is 30.9. The fraction of sp³-hybridized carbons (Fsp3) is 0.481. The Kier molecular flexibility index (Phi) is 11.7. The number of anilines is 1. The molecule has 0 saturated heterocycles. The van der Waals surface area contributed by atoms with Gasteiger partial charge >= 0.3 is 0 Å². The third-order valence-corrected chi connectivity index (χ3v) is 8.10. The van der Waals surface area contributed by atoms with Gasteiger partial charge in [-0.1, -0.05) is 55.2 Å². The van der Waals surface area contributed by atoms with Crippen LogP contribution in [-0.2, 0) is 26.2 Å². The van der Waals surface area contributed by atoms with Gasteiger partial charge < -0.3 is 10.2 Å². The van der Waals surface area contributed by atoms with Gasteiger partial charge in [0.1, 0.15) is 6.04 Å².